The van der Waals surface area contributed by atoms with Gasteiger partial charge in [0.05, 0.1) is 0 Å². The monoisotopic (exact) mass is 252 g/mol. The second-order valence-electron chi connectivity index (χ2n) is 3.19. The Morgan fingerprint density at radius 1 is 1.53 bits per heavy atom. The fraction of sp³-hybridized carbons (Fsp3) is 0.100. The van der Waals surface area contributed by atoms with Gasteiger partial charge in [-0.1, -0.05) is 0 Å². The number of rotatable bonds is 3. The number of nitrogens with zero attached hydrogens (tertiary/aromatic N) is 1. The molecule has 0 aliphatic heterocycles. The van der Waals surface area contributed by atoms with Crippen molar-refractivity contribution in [1.82, 2.24) is 9.97 Å². The molecule has 0 unspecified atom stereocenters. The van der Waals surface area contributed by atoms with Gasteiger partial charge in [-0.3, -0.25) is 4.79 Å². The maximum absolute atomic E-state index is 11.2. The van der Waals surface area contributed by atoms with Crippen molar-refractivity contribution in [2.75, 3.05) is 0 Å². The molecule has 0 saturated carbocycles. The summed E-state index contributed by atoms with van der Waals surface area (Å²) in [6.45, 7) is 1.66. The minimum atomic E-state index is -1.13. The van der Waals surface area contributed by atoms with Crippen molar-refractivity contribution in [2.24, 2.45) is 0 Å². The number of aromatic amines is 1. The summed E-state index contributed by atoms with van der Waals surface area (Å²) in [6, 6.07) is 4.19. The molecule has 0 aliphatic rings. The summed E-state index contributed by atoms with van der Waals surface area (Å²) >= 11 is 1.09. The normalized spacial score (nSPS) is 10.4. The van der Waals surface area contributed by atoms with Gasteiger partial charge < -0.3 is 14.5 Å². The Balaban J connectivity index is 2.25. The summed E-state index contributed by atoms with van der Waals surface area (Å²) < 4.78 is 5.04. The highest BCUT2D eigenvalue weighted by atomic mass is 32.2. The van der Waals surface area contributed by atoms with Crippen molar-refractivity contribution in [1.29, 1.82) is 0 Å². The molecule has 0 bridgehead atoms. The van der Waals surface area contributed by atoms with Gasteiger partial charge in [0.1, 0.15) is 10.9 Å². The standard InChI is InChI=1S/C10H8N2O4S/c1-5-11-7(13)4-8(12-5)17-9-3-2-6(16-9)10(14)15/h2-4H,1H3,(H,14,15)(H,11,12,13). The van der Waals surface area contributed by atoms with E-state index in [0.717, 1.165) is 11.8 Å². The van der Waals surface area contributed by atoms with Crippen molar-refractivity contribution >= 4 is 17.7 Å². The average molecular weight is 252 g/mol. The predicted octanol–water partition coefficient (Wildman–Crippen LogP) is 1.52. The molecule has 7 heteroatoms. The first-order valence-electron chi connectivity index (χ1n) is 4.63. The molecule has 17 heavy (non-hydrogen) atoms. The Labute approximate surface area is 99.7 Å². The first-order valence-corrected chi connectivity index (χ1v) is 5.45. The fourth-order valence-electron chi connectivity index (χ4n) is 1.20. The summed E-state index contributed by atoms with van der Waals surface area (Å²) in [6.07, 6.45) is 0. The second kappa shape index (κ2) is 4.46. The molecule has 0 saturated heterocycles. The SMILES string of the molecule is Cc1nc(Sc2ccc(C(=O)O)o2)cc(=O)[nH]1. The number of carboxylic acids is 1. The molecule has 0 aliphatic carbocycles. The van der Waals surface area contributed by atoms with Crippen LogP contribution >= 0.6 is 11.8 Å². The molecule has 88 valence electrons. The molecule has 0 aromatic carbocycles. The first kappa shape index (κ1) is 11.5. The van der Waals surface area contributed by atoms with Crippen LogP contribution in [0.5, 0.6) is 0 Å². The molecule has 2 heterocycles. The van der Waals surface area contributed by atoms with E-state index >= 15 is 0 Å². The lowest BCUT2D eigenvalue weighted by atomic mass is 10.5. The van der Waals surface area contributed by atoms with Crippen LogP contribution < -0.4 is 5.56 Å². The highest BCUT2D eigenvalue weighted by Crippen LogP contribution is 2.26. The molecule has 0 fully saturated rings. The molecular formula is C10H8N2O4S. The molecule has 0 radical (unpaired) electrons. The van der Waals surface area contributed by atoms with Crippen molar-refractivity contribution in [3.63, 3.8) is 0 Å². The summed E-state index contributed by atoms with van der Waals surface area (Å²) in [7, 11) is 0. The third kappa shape index (κ3) is 2.76. The molecule has 0 spiro atoms. The molecule has 0 atom stereocenters. The van der Waals surface area contributed by atoms with Gasteiger partial charge in [0.2, 0.25) is 5.76 Å². The van der Waals surface area contributed by atoms with E-state index in [0.29, 0.717) is 15.9 Å². The Morgan fingerprint density at radius 2 is 2.29 bits per heavy atom. The van der Waals surface area contributed by atoms with E-state index in [1.807, 2.05) is 0 Å². The van der Waals surface area contributed by atoms with E-state index in [-0.39, 0.29) is 11.3 Å². The molecule has 6 nitrogen and oxygen atoms in total. The summed E-state index contributed by atoms with van der Waals surface area (Å²) in [4.78, 5) is 28.4. The lowest BCUT2D eigenvalue weighted by Crippen LogP contribution is -2.07. The quantitative estimate of drug-likeness (QED) is 0.804. The van der Waals surface area contributed by atoms with Gasteiger partial charge >= 0.3 is 5.97 Å². The Kier molecular flexibility index (Phi) is 3.01. The molecule has 2 N–H and O–H groups in total. The van der Waals surface area contributed by atoms with Gasteiger partial charge in [0.15, 0.2) is 5.09 Å². The number of nitrogens with one attached hydrogen (secondary N) is 1. The Hall–Kier alpha value is -2.02. The Bertz CT molecular complexity index is 617. The number of hydrogen-bond acceptors (Lipinski definition) is 5. The van der Waals surface area contributed by atoms with Crippen LogP contribution in [0, 0.1) is 6.92 Å². The largest absolute Gasteiger partial charge is 0.475 e. The first-order chi connectivity index (χ1) is 8.04. The lowest BCUT2D eigenvalue weighted by molar-refractivity contribution is 0.0656. The number of carboxylic acid groups (broad SMARTS) is 1. The molecule has 2 aromatic rings. The maximum Gasteiger partial charge on any atom is 0.371 e. The lowest BCUT2D eigenvalue weighted by Gasteiger charge is -1.97. The number of furan rings is 1. The minimum Gasteiger partial charge on any atom is -0.475 e. The molecular weight excluding hydrogens is 244 g/mol. The summed E-state index contributed by atoms with van der Waals surface area (Å²) in [5.74, 6) is -0.786. The van der Waals surface area contributed by atoms with Gasteiger partial charge in [-0.25, -0.2) is 9.78 Å². The van der Waals surface area contributed by atoms with Crippen molar-refractivity contribution in [3.05, 3.63) is 40.1 Å². The van der Waals surface area contributed by atoms with Crippen LogP contribution in [0.25, 0.3) is 0 Å². The zero-order chi connectivity index (χ0) is 12.4. The minimum absolute atomic E-state index is 0.144. The van der Waals surface area contributed by atoms with Crippen molar-refractivity contribution in [3.8, 4) is 0 Å². The smallest absolute Gasteiger partial charge is 0.371 e. The number of hydrogen-bond donors (Lipinski definition) is 2. The van der Waals surface area contributed by atoms with E-state index in [1.165, 1.54) is 18.2 Å². The number of carbonyl (C=O) groups is 1. The second-order valence-corrected chi connectivity index (χ2v) is 4.22. The predicted molar refractivity (Wildman–Crippen MR) is 59.4 cm³/mol. The van der Waals surface area contributed by atoms with E-state index in [9.17, 15) is 9.59 Å². The number of aromatic carboxylic acids is 1. The maximum atomic E-state index is 11.2. The van der Waals surface area contributed by atoms with E-state index in [1.54, 1.807) is 6.92 Å². The van der Waals surface area contributed by atoms with Crippen molar-refractivity contribution < 1.29 is 14.3 Å². The van der Waals surface area contributed by atoms with Crippen LogP contribution in [0.15, 0.2) is 37.5 Å². The van der Waals surface area contributed by atoms with Gasteiger partial charge in [-0.05, 0) is 30.8 Å². The number of aryl methyl sites for hydroxylation is 1. The topological polar surface area (TPSA) is 96.2 Å². The zero-order valence-electron chi connectivity index (χ0n) is 8.76. The van der Waals surface area contributed by atoms with Gasteiger partial charge in [-0.15, -0.1) is 0 Å². The average Bonchev–Trinajstić information content (AvgIpc) is 2.64. The Morgan fingerprint density at radius 3 is 2.88 bits per heavy atom. The molecule has 2 aromatic heterocycles. The van der Waals surface area contributed by atoms with Gasteiger partial charge in [-0.2, -0.15) is 0 Å². The van der Waals surface area contributed by atoms with E-state index in [4.69, 9.17) is 9.52 Å². The van der Waals surface area contributed by atoms with Crippen LogP contribution in [0.1, 0.15) is 16.4 Å². The van der Waals surface area contributed by atoms with Crippen LogP contribution in [-0.2, 0) is 0 Å². The molecule has 2 rings (SSSR count). The van der Waals surface area contributed by atoms with Crippen LogP contribution in [0.3, 0.4) is 0 Å². The number of H-pyrrole nitrogens is 1. The van der Waals surface area contributed by atoms with Crippen LogP contribution in [-0.4, -0.2) is 21.0 Å². The highest BCUT2D eigenvalue weighted by Gasteiger charge is 2.10. The van der Waals surface area contributed by atoms with Crippen LogP contribution in [0.2, 0.25) is 0 Å². The van der Waals surface area contributed by atoms with E-state index < -0.39 is 5.97 Å². The summed E-state index contributed by atoms with van der Waals surface area (Å²) in [5.41, 5.74) is -0.259. The van der Waals surface area contributed by atoms with E-state index in [2.05, 4.69) is 9.97 Å². The highest BCUT2D eigenvalue weighted by molar-refractivity contribution is 7.99. The summed E-state index contributed by atoms with van der Waals surface area (Å²) in [5, 5.41) is 9.51. The third-order valence-electron chi connectivity index (χ3n) is 1.83. The fourth-order valence-corrected chi connectivity index (χ4v) is 2.02. The third-order valence-corrected chi connectivity index (χ3v) is 2.67. The number of aromatic nitrogens is 2. The van der Waals surface area contributed by atoms with Crippen LogP contribution in [0.4, 0.5) is 0 Å². The molecule has 0 amide bonds. The zero-order valence-corrected chi connectivity index (χ0v) is 9.58. The van der Waals surface area contributed by atoms with Crippen molar-refractivity contribution in [2.45, 2.75) is 17.0 Å². The van der Waals surface area contributed by atoms with Gasteiger partial charge in [0, 0.05) is 6.07 Å². The van der Waals surface area contributed by atoms with Gasteiger partial charge in [0.25, 0.3) is 5.56 Å².